The van der Waals surface area contributed by atoms with E-state index in [2.05, 4.69) is 0 Å². The third-order valence-electron chi connectivity index (χ3n) is 1.46. The second-order valence-corrected chi connectivity index (χ2v) is 2.63. The summed E-state index contributed by atoms with van der Waals surface area (Å²) in [5.41, 5.74) is -0.716. The lowest BCUT2D eigenvalue weighted by molar-refractivity contribution is 0.0692. The molecule has 0 fully saturated rings. The summed E-state index contributed by atoms with van der Waals surface area (Å²) in [6, 6.07) is 2.01. The Kier molecular flexibility index (Phi) is 2.63. The van der Waals surface area contributed by atoms with Gasteiger partial charge in [0.2, 0.25) is 0 Å². The molecule has 0 aromatic heterocycles. The van der Waals surface area contributed by atoms with Crippen molar-refractivity contribution in [2.24, 2.45) is 0 Å². The van der Waals surface area contributed by atoms with E-state index in [-0.39, 0.29) is 10.6 Å². The van der Waals surface area contributed by atoms with Crippen LogP contribution in [0.25, 0.3) is 0 Å². The number of halogens is 2. The van der Waals surface area contributed by atoms with Crippen LogP contribution in [-0.4, -0.2) is 17.4 Å². The van der Waals surface area contributed by atoms with Gasteiger partial charge in [0.05, 0.1) is 5.02 Å². The summed E-state index contributed by atoms with van der Waals surface area (Å²) in [5.74, 6) is -2.45. The number of carbonyl (C=O) groups is 2. The average molecular weight is 203 g/mol. The van der Waals surface area contributed by atoms with Crippen molar-refractivity contribution in [1.29, 1.82) is 0 Å². The van der Waals surface area contributed by atoms with Gasteiger partial charge in [-0.05, 0) is 12.1 Å². The lowest BCUT2D eigenvalue weighted by atomic mass is 10.1. The summed E-state index contributed by atoms with van der Waals surface area (Å²) in [6.07, 6.45) is 0.369. The van der Waals surface area contributed by atoms with E-state index in [1.165, 1.54) is 0 Å². The highest BCUT2D eigenvalue weighted by Crippen LogP contribution is 2.22. The zero-order valence-electron chi connectivity index (χ0n) is 6.25. The number of hydrogen-bond donors (Lipinski definition) is 1. The maximum Gasteiger partial charge on any atom is 0.340 e. The van der Waals surface area contributed by atoms with E-state index in [0.717, 1.165) is 12.1 Å². The summed E-state index contributed by atoms with van der Waals surface area (Å²) in [4.78, 5) is 20.8. The number of aromatic carboxylic acids is 1. The second kappa shape index (κ2) is 3.53. The zero-order chi connectivity index (χ0) is 10.0. The fraction of sp³-hybridized carbons (Fsp3) is 0. The fourth-order valence-corrected chi connectivity index (χ4v) is 1.13. The van der Waals surface area contributed by atoms with Crippen LogP contribution in [0.5, 0.6) is 0 Å². The van der Waals surface area contributed by atoms with Crippen molar-refractivity contribution in [2.75, 3.05) is 0 Å². The minimum Gasteiger partial charge on any atom is -0.478 e. The van der Waals surface area contributed by atoms with Gasteiger partial charge in [-0.15, -0.1) is 0 Å². The lowest BCUT2D eigenvalue weighted by Gasteiger charge is -2.01. The second-order valence-electron chi connectivity index (χ2n) is 2.25. The molecular weight excluding hydrogens is 199 g/mol. The Morgan fingerprint density at radius 2 is 2.15 bits per heavy atom. The summed E-state index contributed by atoms with van der Waals surface area (Å²) in [7, 11) is 0. The van der Waals surface area contributed by atoms with Crippen molar-refractivity contribution in [1.82, 2.24) is 0 Å². The molecular formula is C8H4ClFO3. The Hall–Kier alpha value is -1.42. The van der Waals surface area contributed by atoms with Crippen molar-refractivity contribution in [3.05, 3.63) is 34.1 Å². The van der Waals surface area contributed by atoms with Crippen LogP contribution in [0.2, 0.25) is 5.02 Å². The first-order chi connectivity index (χ1) is 6.07. The Morgan fingerprint density at radius 3 is 2.62 bits per heavy atom. The third-order valence-corrected chi connectivity index (χ3v) is 1.87. The summed E-state index contributed by atoms with van der Waals surface area (Å²) < 4.78 is 12.8. The van der Waals surface area contributed by atoms with Crippen LogP contribution < -0.4 is 0 Å². The van der Waals surface area contributed by atoms with Gasteiger partial charge < -0.3 is 5.11 Å². The molecule has 0 saturated carbocycles. The number of hydrogen-bond acceptors (Lipinski definition) is 2. The third kappa shape index (κ3) is 1.67. The molecule has 1 rings (SSSR count). The molecule has 0 radical (unpaired) electrons. The molecule has 0 saturated heterocycles. The van der Waals surface area contributed by atoms with E-state index < -0.39 is 17.3 Å². The molecule has 0 aliphatic carbocycles. The lowest BCUT2D eigenvalue weighted by Crippen LogP contribution is -2.03. The topological polar surface area (TPSA) is 54.4 Å². The molecule has 1 N–H and O–H groups in total. The molecule has 5 heteroatoms. The molecule has 1 aromatic carbocycles. The standard InChI is InChI=1S/C8H4ClFO3/c9-7-4(3-11)1-2-5(10)6(7)8(12)13/h1-3H,(H,12,13). The van der Waals surface area contributed by atoms with Gasteiger partial charge in [0.25, 0.3) is 0 Å². The molecule has 0 unspecified atom stereocenters. The monoisotopic (exact) mass is 202 g/mol. The molecule has 0 atom stereocenters. The van der Waals surface area contributed by atoms with E-state index in [1.54, 1.807) is 0 Å². The van der Waals surface area contributed by atoms with Crippen LogP contribution in [0, 0.1) is 5.82 Å². The first-order valence-electron chi connectivity index (χ1n) is 3.24. The highest BCUT2D eigenvalue weighted by atomic mass is 35.5. The summed E-state index contributed by atoms with van der Waals surface area (Å²) in [5, 5.41) is 8.15. The van der Waals surface area contributed by atoms with Crippen LogP contribution in [0.4, 0.5) is 4.39 Å². The van der Waals surface area contributed by atoms with Crippen LogP contribution >= 0.6 is 11.6 Å². The van der Waals surface area contributed by atoms with Crippen molar-refractivity contribution < 1.29 is 19.1 Å². The average Bonchev–Trinajstić information content (AvgIpc) is 2.04. The quantitative estimate of drug-likeness (QED) is 0.747. The van der Waals surface area contributed by atoms with E-state index in [9.17, 15) is 14.0 Å². The zero-order valence-corrected chi connectivity index (χ0v) is 7.01. The number of benzene rings is 1. The van der Waals surface area contributed by atoms with Crippen molar-refractivity contribution in [3.8, 4) is 0 Å². The molecule has 0 aliphatic heterocycles. The molecule has 1 aromatic rings. The minimum atomic E-state index is -1.49. The molecule has 3 nitrogen and oxygen atoms in total. The Balaban J connectivity index is 3.47. The van der Waals surface area contributed by atoms with E-state index in [4.69, 9.17) is 16.7 Å². The fourth-order valence-electron chi connectivity index (χ4n) is 0.856. The van der Waals surface area contributed by atoms with Gasteiger partial charge in [-0.1, -0.05) is 11.6 Å². The number of carboxylic acid groups (broad SMARTS) is 1. The molecule has 68 valence electrons. The maximum atomic E-state index is 12.8. The van der Waals surface area contributed by atoms with Crippen LogP contribution in [-0.2, 0) is 0 Å². The van der Waals surface area contributed by atoms with Crippen LogP contribution in [0.15, 0.2) is 12.1 Å². The van der Waals surface area contributed by atoms with Crippen molar-refractivity contribution in [3.63, 3.8) is 0 Å². The van der Waals surface area contributed by atoms with Gasteiger partial charge in [0, 0.05) is 5.56 Å². The number of carboxylic acids is 1. The van der Waals surface area contributed by atoms with Gasteiger partial charge in [0.1, 0.15) is 11.4 Å². The van der Waals surface area contributed by atoms with Crippen molar-refractivity contribution >= 4 is 23.9 Å². The molecule has 0 amide bonds. The SMILES string of the molecule is O=Cc1ccc(F)c(C(=O)O)c1Cl. The highest BCUT2D eigenvalue weighted by Gasteiger charge is 2.17. The maximum absolute atomic E-state index is 12.8. The number of carbonyl (C=O) groups excluding carboxylic acids is 1. The normalized spacial score (nSPS) is 9.69. The highest BCUT2D eigenvalue weighted by molar-refractivity contribution is 6.35. The van der Waals surface area contributed by atoms with Gasteiger partial charge in [0.15, 0.2) is 6.29 Å². The van der Waals surface area contributed by atoms with Gasteiger partial charge in [-0.2, -0.15) is 0 Å². The Bertz CT molecular complexity index is 376. The van der Waals surface area contributed by atoms with Crippen LogP contribution in [0.3, 0.4) is 0 Å². The summed E-state index contributed by atoms with van der Waals surface area (Å²) in [6.45, 7) is 0. The predicted molar refractivity (Wildman–Crippen MR) is 43.8 cm³/mol. The molecule has 0 heterocycles. The minimum absolute atomic E-state index is 0.0412. The van der Waals surface area contributed by atoms with E-state index in [1.807, 2.05) is 0 Å². The Morgan fingerprint density at radius 1 is 1.54 bits per heavy atom. The smallest absolute Gasteiger partial charge is 0.340 e. The van der Waals surface area contributed by atoms with Gasteiger partial charge in [-0.25, -0.2) is 9.18 Å². The van der Waals surface area contributed by atoms with Gasteiger partial charge in [-0.3, -0.25) is 4.79 Å². The Labute approximate surface area is 77.7 Å². The van der Waals surface area contributed by atoms with Gasteiger partial charge >= 0.3 is 5.97 Å². The predicted octanol–water partition coefficient (Wildman–Crippen LogP) is 1.99. The largest absolute Gasteiger partial charge is 0.478 e. The molecule has 0 aliphatic rings. The first-order valence-corrected chi connectivity index (χ1v) is 3.62. The van der Waals surface area contributed by atoms with E-state index >= 15 is 0 Å². The molecule has 0 bridgehead atoms. The first kappa shape index (κ1) is 9.67. The number of aldehydes is 1. The molecule has 0 spiro atoms. The van der Waals surface area contributed by atoms with Crippen LogP contribution in [0.1, 0.15) is 20.7 Å². The van der Waals surface area contributed by atoms with Crippen molar-refractivity contribution in [2.45, 2.75) is 0 Å². The summed E-state index contributed by atoms with van der Waals surface area (Å²) >= 11 is 5.46. The van der Waals surface area contributed by atoms with E-state index in [0.29, 0.717) is 6.29 Å². The molecule has 13 heavy (non-hydrogen) atoms. The number of rotatable bonds is 2.